The van der Waals surface area contributed by atoms with E-state index in [4.69, 9.17) is 0 Å². The van der Waals surface area contributed by atoms with Crippen LogP contribution in [-0.2, 0) is 4.79 Å². The van der Waals surface area contributed by atoms with E-state index in [2.05, 4.69) is 38.9 Å². The molecule has 1 amide bonds. The van der Waals surface area contributed by atoms with Crippen LogP contribution in [0.3, 0.4) is 0 Å². The second-order valence-electron chi connectivity index (χ2n) is 7.25. The van der Waals surface area contributed by atoms with Crippen LogP contribution in [0.4, 0.5) is 5.95 Å². The molecule has 0 radical (unpaired) electrons. The van der Waals surface area contributed by atoms with Crippen molar-refractivity contribution in [2.75, 3.05) is 37.6 Å². The molecule has 1 aliphatic carbocycles. The fourth-order valence-electron chi connectivity index (χ4n) is 3.80. The van der Waals surface area contributed by atoms with Gasteiger partial charge >= 0.3 is 0 Å². The second-order valence-corrected chi connectivity index (χ2v) is 7.25. The predicted molar refractivity (Wildman–Crippen MR) is 94.8 cm³/mol. The summed E-state index contributed by atoms with van der Waals surface area (Å²) in [6, 6.07) is 2.18. The number of carbonyl (C=O) groups excluding carboxylic acids is 1. The van der Waals surface area contributed by atoms with Gasteiger partial charge in [-0.1, -0.05) is 26.7 Å². The largest absolute Gasteiger partial charge is 0.352 e. The zero-order chi connectivity index (χ0) is 16.9. The molecule has 0 unspecified atom stereocenters. The Balaban J connectivity index is 1.43. The van der Waals surface area contributed by atoms with Gasteiger partial charge in [-0.05, 0) is 24.3 Å². The lowest BCUT2D eigenvalue weighted by molar-refractivity contribution is -0.123. The van der Waals surface area contributed by atoms with E-state index in [9.17, 15) is 4.79 Å². The Labute approximate surface area is 144 Å². The molecule has 132 valence electrons. The molecule has 2 fully saturated rings. The van der Waals surface area contributed by atoms with E-state index in [-0.39, 0.29) is 5.91 Å². The monoisotopic (exact) mass is 331 g/mol. The molecule has 24 heavy (non-hydrogen) atoms. The van der Waals surface area contributed by atoms with Crippen LogP contribution in [0.25, 0.3) is 0 Å². The lowest BCUT2D eigenvalue weighted by Crippen LogP contribution is -2.52. The molecule has 6 nitrogen and oxygen atoms in total. The van der Waals surface area contributed by atoms with Crippen molar-refractivity contribution in [3.63, 3.8) is 0 Å². The van der Waals surface area contributed by atoms with Gasteiger partial charge in [0.05, 0.1) is 6.54 Å². The topological polar surface area (TPSA) is 61.4 Å². The highest BCUT2D eigenvalue weighted by molar-refractivity contribution is 5.78. The number of amides is 1. The van der Waals surface area contributed by atoms with Gasteiger partial charge in [-0.3, -0.25) is 9.69 Å². The van der Waals surface area contributed by atoms with E-state index in [1.807, 2.05) is 6.07 Å². The third kappa shape index (κ3) is 4.23. The summed E-state index contributed by atoms with van der Waals surface area (Å²) < 4.78 is 0. The third-order valence-corrected chi connectivity index (χ3v) is 5.63. The van der Waals surface area contributed by atoms with Gasteiger partial charge in [0.2, 0.25) is 11.9 Å². The van der Waals surface area contributed by atoms with Crippen LogP contribution in [0.1, 0.15) is 33.1 Å². The summed E-state index contributed by atoms with van der Waals surface area (Å²) in [4.78, 5) is 25.4. The van der Waals surface area contributed by atoms with Gasteiger partial charge in [0.25, 0.3) is 0 Å². The quantitative estimate of drug-likeness (QED) is 0.907. The maximum absolute atomic E-state index is 12.4. The van der Waals surface area contributed by atoms with Gasteiger partial charge in [0, 0.05) is 44.6 Å². The highest BCUT2D eigenvalue weighted by atomic mass is 16.2. The summed E-state index contributed by atoms with van der Waals surface area (Å²) in [6.07, 6.45) is 7.18. The average Bonchev–Trinajstić information content (AvgIpc) is 2.60. The van der Waals surface area contributed by atoms with Crippen LogP contribution in [0.5, 0.6) is 0 Å². The zero-order valence-corrected chi connectivity index (χ0v) is 14.8. The number of aromatic nitrogens is 2. The van der Waals surface area contributed by atoms with Crippen LogP contribution in [0.15, 0.2) is 18.5 Å². The van der Waals surface area contributed by atoms with Crippen molar-refractivity contribution in [1.82, 2.24) is 20.2 Å². The van der Waals surface area contributed by atoms with Crippen LogP contribution in [-0.4, -0.2) is 59.5 Å². The summed E-state index contributed by atoms with van der Waals surface area (Å²) in [5.41, 5.74) is 0. The number of nitrogens with one attached hydrogen (secondary N) is 1. The number of anilines is 1. The van der Waals surface area contributed by atoms with Gasteiger partial charge in [-0.25, -0.2) is 9.97 Å². The molecule has 1 aliphatic heterocycles. The first-order chi connectivity index (χ1) is 11.6. The van der Waals surface area contributed by atoms with Gasteiger partial charge in [-0.15, -0.1) is 0 Å². The van der Waals surface area contributed by atoms with E-state index in [1.165, 1.54) is 12.8 Å². The Morgan fingerprint density at radius 3 is 2.58 bits per heavy atom. The summed E-state index contributed by atoms with van der Waals surface area (Å²) in [7, 11) is 0. The maximum Gasteiger partial charge on any atom is 0.234 e. The molecule has 2 heterocycles. The molecular weight excluding hydrogens is 302 g/mol. The van der Waals surface area contributed by atoms with E-state index >= 15 is 0 Å². The molecular formula is C18H29N5O. The summed E-state index contributed by atoms with van der Waals surface area (Å²) >= 11 is 0. The molecule has 1 saturated heterocycles. The molecule has 1 saturated carbocycles. The summed E-state index contributed by atoms with van der Waals surface area (Å²) in [5.74, 6) is 2.24. The Morgan fingerprint density at radius 2 is 1.88 bits per heavy atom. The number of rotatable bonds is 4. The van der Waals surface area contributed by atoms with Gasteiger partial charge in [0.1, 0.15) is 0 Å². The van der Waals surface area contributed by atoms with Crippen LogP contribution >= 0.6 is 0 Å². The number of nitrogens with zero attached hydrogens (tertiary/aromatic N) is 4. The van der Waals surface area contributed by atoms with Gasteiger partial charge in [-0.2, -0.15) is 0 Å². The molecule has 0 aromatic carbocycles. The second kappa shape index (κ2) is 7.92. The first kappa shape index (κ1) is 17.1. The van der Waals surface area contributed by atoms with E-state index in [1.54, 1.807) is 12.4 Å². The smallest absolute Gasteiger partial charge is 0.234 e. The van der Waals surface area contributed by atoms with Gasteiger partial charge < -0.3 is 10.2 Å². The van der Waals surface area contributed by atoms with Crippen molar-refractivity contribution in [1.29, 1.82) is 0 Å². The number of hydrogen-bond acceptors (Lipinski definition) is 5. The molecule has 1 aromatic heterocycles. The van der Waals surface area contributed by atoms with Crippen molar-refractivity contribution in [2.24, 2.45) is 11.8 Å². The van der Waals surface area contributed by atoms with Crippen molar-refractivity contribution < 1.29 is 4.79 Å². The molecule has 1 N–H and O–H groups in total. The molecule has 3 atom stereocenters. The lowest BCUT2D eigenvalue weighted by atomic mass is 9.78. The average molecular weight is 331 g/mol. The molecule has 3 rings (SSSR count). The number of carbonyl (C=O) groups is 1. The first-order valence-electron chi connectivity index (χ1n) is 9.17. The van der Waals surface area contributed by atoms with Crippen molar-refractivity contribution in [3.8, 4) is 0 Å². The van der Waals surface area contributed by atoms with Crippen LogP contribution in [0.2, 0.25) is 0 Å². The minimum Gasteiger partial charge on any atom is -0.352 e. The molecule has 2 aliphatic rings. The molecule has 0 bridgehead atoms. The maximum atomic E-state index is 12.4. The fraction of sp³-hybridized carbons (Fsp3) is 0.722. The standard InChI is InChI=1S/C18H29N5O/c1-14-5-3-6-16(15(14)2)21-17(24)13-22-9-11-23(12-10-22)18-19-7-4-8-20-18/h4,7-8,14-16H,3,5-6,9-13H2,1-2H3,(H,21,24)/t14-,15+,16+/m0/s1. The molecule has 6 heteroatoms. The van der Waals surface area contributed by atoms with Crippen molar-refractivity contribution in [3.05, 3.63) is 18.5 Å². The molecule has 0 spiro atoms. The SMILES string of the molecule is C[C@@H]1[C@@H](C)CCC[C@H]1NC(=O)CN1CCN(c2ncccn2)CC1. The predicted octanol–water partition coefficient (Wildman–Crippen LogP) is 1.54. The van der Waals surface area contributed by atoms with E-state index in [0.717, 1.165) is 38.5 Å². The van der Waals surface area contributed by atoms with Crippen LogP contribution in [0, 0.1) is 11.8 Å². The van der Waals surface area contributed by atoms with Gasteiger partial charge in [0.15, 0.2) is 0 Å². The van der Waals surface area contributed by atoms with E-state index < -0.39 is 0 Å². The highest BCUT2D eigenvalue weighted by Gasteiger charge is 2.29. The minimum atomic E-state index is 0.172. The normalized spacial score (nSPS) is 28.6. The Morgan fingerprint density at radius 1 is 1.17 bits per heavy atom. The summed E-state index contributed by atoms with van der Waals surface area (Å²) in [5, 5.41) is 3.27. The Bertz CT molecular complexity index is 529. The first-order valence-corrected chi connectivity index (χ1v) is 9.17. The third-order valence-electron chi connectivity index (χ3n) is 5.63. The van der Waals surface area contributed by atoms with Crippen LogP contribution < -0.4 is 10.2 Å². The molecule has 1 aromatic rings. The number of piperazine rings is 1. The zero-order valence-electron chi connectivity index (χ0n) is 14.8. The fourth-order valence-corrected chi connectivity index (χ4v) is 3.80. The lowest BCUT2D eigenvalue weighted by Gasteiger charge is -2.36. The summed E-state index contributed by atoms with van der Waals surface area (Å²) in [6.45, 7) is 8.56. The Hall–Kier alpha value is -1.69. The minimum absolute atomic E-state index is 0.172. The number of hydrogen-bond donors (Lipinski definition) is 1. The Kier molecular flexibility index (Phi) is 5.66. The van der Waals surface area contributed by atoms with E-state index in [0.29, 0.717) is 24.4 Å². The highest BCUT2D eigenvalue weighted by Crippen LogP contribution is 2.29. The van der Waals surface area contributed by atoms with Crippen molar-refractivity contribution >= 4 is 11.9 Å². The van der Waals surface area contributed by atoms with Crippen molar-refractivity contribution in [2.45, 2.75) is 39.2 Å².